The first-order valence-corrected chi connectivity index (χ1v) is 7.31. The van der Waals surface area contributed by atoms with E-state index in [2.05, 4.69) is 18.3 Å². The minimum Gasteiger partial charge on any atom is -0.457 e. The first kappa shape index (κ1) is 14.9. The van der Waals surface area contributed by atoms with Crippen molar-refractivity contribution < 1.29 is 4.74 Å². The Hall–Kier alpha value is -1.51. The van der Waals surface area contributed by atoms with E-state index in [9.17, 15) is 0 Å². The van der Waals surface area contributed by atoms with Crippen LogP contribution in [0.2, 0.25) is 5.02 Å². The van der Waals surface area contributed by atoms with Gasteiger partial charge in [-0.25, -0.2) is 0 Å². The fourth-order valence-corrected chi connectivity index (χ4v) is 2.11. The number of ether oxygens (including phenoxy) is 1. The molecule has 0 aliphatic heterocycles. The number of hydrogen-bond donors (Lipinski definition) is 1. The van der Waals surface area contributed by atoms with E-state index in [1.165, 1.54) is 0 Å². The number of hydrogen-bond acceptors (Lipinski definition) is 2. The maximum Gasteiger partial charge on any atom is 0.131 e. The molecular formula is C17H20ClNO. The van der Waals surface area contributed by atoms with Crippen LogP contribution >= 0.6 is 11.6 Å². The highest BCUT2D eigenvalue weighted by Crippen LogP contribution is 2.30. The van der Waals surface area contributed by atoms with Gasteiger partial charge in [0.05, 0.1) is 0 Å². The number of rotatable bonds is 6. The normalized spacial score (nSPS) is 10.6. The lowest BCUT2D eigenvalue weighted by atomic mass is 10.2. The number of para-hydroxylation sites is 1. The van der Waals surface area contributed by atoms with Crippen LogP contribution in [0.1, 0.15) is 24.5 Å². The van der Waals surface area contributed by atoms with Gasteiger partial charge in [0, 0.05) is 17.1 Å². The summed E-state index contributed by atoms with van der Waals surface area (Å²) in [6.45, 7) is 5.99. The van der Waals surface area contributed by atoms with Crippen molar-refractivity contribution in [2.24, 2.45) is 0 Å². The summed E-state index contributed by atoms with van der Waals surface area (Å²) in [5.41, 5.74) is 2.23. The van der Waals surface area contributed by atoms with E-state index in [-0.39, 0.29) is 0 Å². The summed E-state index contributed by atoms with van der Waals surface area (Å²) >= 11 is 6.03. The minimum atomic E-state index is 0.687. The van der Waals surface area contributed by atoms with Gasteiger partial charge in [-0.3, -0.25) is 0 Å². The molecule has 0 unspecified atom stereocenters. The molecule has 0 aliphatic carbocycles. The molecule has 20 heavy (non-hydrogen) atoms. The van der Waals surface area contributed by atoms with E-state index in [0.29, 0.717) is 5.02 Å². The molecule has 2 aromatic rings. The number of aryl methyl sites for hydroxylation is 1. The van der Waals surface area contributed by atoms with Gasteiger partial charge in [-0.2, -0.15) is 0 Å². The molecular weight excluding hydrogens is 270 g/mol. The molecule has 0 spiro atoms. The third kappa shape index (κ3) is 3.99. The molecule has 0 bridgehead atoms. The molecule has 0 aliphatic rings. The summed E-state index contributed by atoms with van der Waals surface area (Å²) in [6, 6.07) is 13.8. The van der Waals surface area contributed by atoms with Crippen molar-refractivity contribution in [3.63, 3.8) is 0 Å². The van der Waals surface area contributed by atoms with Crippen molar-refractivity contribution in [2.45, 2.75) is 26.8 Å². The molecule has 0 fully saturated rings. The fraction of sp³-hybridized carbons (Fsp3) is 0.294. The summed E-state index contributed by atoms with van der Waals surface area (Å²) < 4.78 is 6.03. The number of halogens is 1. The second-order valence-corrected chi connectivity index (χ2v) is 5.23. The second kappa shape index (κ2) is 7.32. The predicted octanol–water partition coefficient (Wildman–Crippen LogP) is 4.94. The van der Waals surface area contributed by atoms with Crippen LogP contribution in [0.15, 0.2) is 42.5 Å². The van der Waals surface area contributed by atoms with Gasteiger partial charge in [0.15, 0.2) is 0 Å². The molecule has 0 saturated carbocycles. The molecule has 0 saturated heterocycles. The second-order valence-electron chi connectivity index (χ2n) is 4.80. The average Bonchev–Trinajstić information content (AvgIpc) is 2.45. The highest BCUT2D eigenvalue weighted by molar-refractivity contribution is 6.30. The monoisotopic (exact) mass is 289 g/mol. The molecule has 0 radical (unpaired) electrons. The summed E-state index contributed by atoms with van der Waals surface area (Å²) in [5.74, 6) is 1.68. The Kier molecular flexibility index (Phi) is 5.45. The van der Waals surface area contributed by atoms with Gasteiger partial charge in [-0.05, 0) is 43.7 Å². The van der Waals surface area contributed by atoms with Gasteiger partial charge >= 0.3 is 0 Å². The third-order valence-electron chi connectivity index (χ3n) is 3.08. The van der Waals surface area contributed by atoms with Gasteiger partial charge < -0.3 is 10.1 Å². The van der Waals surface area contributed by atoms with Crippen molar-refractivity contribution in [1.82, 2.24) is 5.32 Å². The van der Waals surface area contributed by atoms with Crippen LogP contribution in [0.4, 0.5) is 0 Å². The molecule has 0 aromatic heterocycles. The molecule has 2 nitrogen and oxygen atoms in total. The van der Waals surface area contributed by atoms with Gasteiger partial charge in [0.1, 0.15) is 11.5 Å². The highest BCUT2D eigenvalue weighted by Gasteiger charge is 2.06. The molecule has 2 aromatic carbocycles. The first-order valence-electron chi connectivity index (χ1n) is 6.93. The Morgan fingerprint density at radius 3 is 2.70 bits per heavy atom. The van der Waals surface area contributed by atoms with Crippen molar-refractivity contribution >= 4 is 11.6 Å². The maximum absolute atomic E-state index is 6.03. The molecule has 0 heterocycles. The van der Waals surface area contributed by atoms with Gasteiger partial charge in [-0.1, -0.05) is 42.8 Å². The zero-order valence-electron chi connectivity index (χ0n) is 11.9. The van der Waals surface area contributed by atoms with Crippen molar-refractivity contribution in [3.8, 4) is 11.5 Å². The average molecular weight is 290 g/mol. The van der Waals surface area contributed by atoms with Crippen molar-refractivity contribution in [3.05, 3.63) is 58.6 Å². The lowest BCUT2D eigenvalue weighted by Gasteiger charge is -2.13. The van der Waals surface area contributed by atoms with Crippen LogP contribution in [0.5, 0.6) is 11.5 Å². The molecule has 0 amide bonds. The van der Waals surface area contributed by atoms with Gasteiger partial charge in [-0.15, -0.1) is 0 Å². The zero-order valence-corrected chi connectivity index (χ0v) is 12.7. The summed E-state index contributed by atoms with van der Waals surface area (Å²) in [7, 11) is 0. The Morgan fingerprint density at radius 2 is 1.90 bits per heavy atom. The van der Waals surface area contributed by atoms with Crippen LogP contribution in [-0.2, 0) is 6.54 Å². The van der Waals surface area contributed by atoms with Crippen LogP contribution in [0, 0.1) is 6.92 Å². The van der Waals surface area contributed by atoms with E-state index in [4.69, 9.17) is 16.3 Å². The standard InChI is InChI=1S/C17H20ClNO/c1-3-10-19-12-14-6-4-5-7-16(14)20-17-11-15(18)9-8-13(17)2/h4-9,11,19H,3,10,12H2,1-2H3. The lowest BCUT2D eigenvalue weighted by molar-refractivity contribution is 0.469. The molecule has 2 rings (SSSR count). The maximum atomic E-state index is 6.03. The fourth-order valence-electron chi connectivity index (χ4n) is 1.95. The number of nitrogens with one attached hydrogen (secondary N) is 1. The van der Waals surface area contributed by atoms with Crippen molar-refractivity contribution in [2.75, 3.05) is 6.54 Å². The SMILES string of the molecule is CCCNCc1ccccc1Oc1cc(Cl)ccc1C. The van der Waals surface area contributed by atoms with Crippen LogP contribution in [0.25, 0.3) is 0 Å². The Balaban J connectivity index is 2.18. The zero-order chi connectivity index (χ0) is 14.4. The topological polar surface area (TPSA) is 21.3 Å². The smallest absolute Gasteiger partial charge is 0.131 e. The predicted molar refractivity (Wildman–Crippen MR) is 84.7 cm³/mol. The van der Waals surface area contributed by atoms with Crippen LogP contribution in [-0.4, -0.2) is 6.54 Å². The lowest BCUT2D eigenvalue weighted by Crippen LogP contribution is -2.14. The summed E-state index contributed by atoms with van der Waals surface area (Å²) in [5, 5.41) is 4.08. The summed E-state index contributed by atoms with van der Waals surface area (Å²) in [6.07, 6.45) is 1.12. The summed E-state index contributed by atoms with van der Waals surface area (Å²) in [4.78, 5) is 0. The Labute approximate surface area is 125 Å². The molecule has 3 heteroatoms. The number of benzene rings is 2. The van der Waals surface area contributed by atoms with Gasteiger partial charge in [0.25, 0.3) is 0 Å². The molecule has 1 N–H and O–H groups in total. The quantitative estimate of drug-likeness (QED) is 0.761. The molecule has 106 valence electrons. The minimum absolute atomic E-state index is 0.687. The van der Waals surface area contributed by atoms with E-state index < -0.39 is 0 Å². The molecule has 0 atom stereocenters. The van der Waals surface area contributed by atoms with E-state index >= 15 is 0 Å². The van der Waals surface area contributed by atoms with Gasteiger partial charge in [0.2, 0.25) is 0 Å². The Bertz CT molecular complexity index is 569. The van der Waals surface area contributed by atoms with E-state index in [1.54, 1.807) is 0 Å². The largest absolute Gasteiger partial charge is 0.457 e. The van der Waals surface area contributed by atoms with E-state index in [0.717, 1.165) is 42.1 Å². The van der Waals surface area contributed by atoms with E-state index in [1.807, 2.05) is 43.3 Å². The Morgan fingerprint density at radius 1 is 1.10 bits per heavy atom. The van der Waals surface area contributed by atoms with Crippen LogP contribution in [0.3, 0.4) is 0 Å². The highest BCUT2D eigenvalue weighted by atomic mass is 35.5. The van der Waals surface area contributed by atoms with Crippen molar-refractivity contribution in [1.29, 1.82) is 0 Å². The first-order chi connectivity index (χ1) is 9.70. The third-order valence-corrected chi connectivity index (χ3v) is 3.32. The van der Waals surface area contributed by atoms with Crippen LogP contribution < -0.4 is 10.1 Å².